The first-order valence-electron chi connectivity index (χ1n) is 11.7. The molecule has 5 N–H and O–H groups in total. The number of carbonyl (C=O) groups excluding carboxylic acids is 1. The van der Waals surface area contributed by atoms with Crippen molar-refractivity contribution in [2.45, 2.75) is 77.6 Å². The zero-order chi connectivity index (χ0) is 23.4. The lowest BCUT2D eigenvalue weighted by atomic mass is 9.90. The third kappa shape index (κ3) is 13.4. The van der Waals surface area contributed by atoms with Crippen LogP contribution < -0.4 is 0 Å². The summed E-state index contributed by atoms with van der Waals surface area (Å²) in [7, 11) is 0. The van der Waals surface area contributed by atoms with Crippen LogP contribution in [0.1, 0.15) is 77.6 Å². The Bertz CT molecular complexity index is 414. The highest BCUT2D eigenvalue weighted by molar-refractivity contribution is 5.69. The number of carbonyl (C=O) groups is 1. The topological polar surface area (TPSA) is 137 Å². The summed E-state index contributed by atoms with van der Waals surface area (Å²) < 4.78 is 10.7. The average molecular weight is 451 g/mol. The molecule has 0 rings (SSSR count). The quantitative estimate of drug-likeness (QED) is 0.124. The molecule has 31 heavy (non-hydrogen) atoms. The number of esters is 1. The van der Waals surface area contributed by atoms with Gasteiger partial charge in [0.25, 0.3) is 0 Å². The van der Waals surface area contributed by atoms with Gasteiger partial charge in [-0.3, -0.25) is 4.79 Å². The molecular formula is C23H46O8. The van der Waals surface area contributed by atoms with Gasteiger partial charge in [-0.2, -0.15) is 0 Å². The molecule has 0 unspecified atom stereocenters. The van der Waals surface area contributed by atoms with Gasteiger partial charge < -0.3 is 35.0 Å². The molecule has 0 radical (unpaired) electrons. The first-order chi connectivity index (χ1) is 15.0. The standard InChI is InChI=1S/C23H46O8/c1-2-3-4-5-6-7-8-9-10-11-12-21(29)31-20-23(16-27,17-28)19-30-18-22(13-24,14-25)15-26/h24-28H,2-20H2,1H3. The van der Waals surface area contributed by atoms with Crippen molar-refractivity contribution in [2.24, 2.45) is 10.8 Å². The number of rotatable bonds is 22. The Balaban J connectivity index is 4.08. The highest BCUT2D eigenvalue weighted by Crippen LogP contribution is 2.21. The van der Waals surface area contributed by atoms with Gasteiger partial charge in [0.15, 0.2) is 0 Å². The molecular weight excluding hydrogens is 404 g/mol. The third-order valence-corrected chi connectivity index (χ3v) is 5.77. The highest BCUT2D eigenvalue weighted by atomic mass is 16.5. The minimum atomic E-state index is -1.21. The fourth-order valence-electron chi connectivity index (χ4n) is 3.11. The van der Waals surface area contributed by atoms with Gasteiger partial charge in [-0.15, -0.1) is 0 Å². The van der Waals surface area contributed by atoms with E-state index < -0.39 is 43.9 Å². The summed E-state index contributed by atoms with van der Waals surface area (Å²) in [5.41, 5.74) is -2.39. The Morgan fingerprint density at radius 2 is 1.03 bits per heavy atom. The molecule has 0 aliphatic heterocycles. The lowest BCUT2D eigenvalue weighted by molar-refractivity contribution is -0.154. The van der Waals surface area contributed by atoms with Crippen LogP contribution in [0.15, 0.2) is 0 Å². The number of aliphatic hydroxyl groups is 5. The fraction of sp³-hybridized carbons (Fsp3) is 0.957. The summed E-state index contributed by atoms with van der Waals surface area (Å²) >= 11 is 0. The third-order valence-electron chi connectivity index (χ3n) is 5.77. The molecule has 0 aromatic carbocycles. The van der Waals surface area contributed by atoms with Crippen molar-refractivity contribution in [3.05, 3.63) is 0 Å². The molecule has 0 atom stereocenters. The minimum Gasteiger partial charge on any atom is -0.465 e. The predicted octanol–water partition coefficient (Wildman–Crippen LogP) is 1.79. The van der Waals surface area contributed by atoms with E-state index in [2.05, 4.69) is 6.92 Å². The summed E-state index contributed by atoms with van der Waals surface area (Å²) in [6, 6.07) is 0. The Kier molecular flexibility index (Phi) is 18.3. The Morgan fingerprint density at radius 1 is 0.613 bits per heavy atom. The summed E-state index contributed by atoms with van der Waals surface area (Å²) in [6.45, 7) is -0.624. The van der Waals surface area contributed by atoms with Gasteiger partial charge in [0, 0.05) is 6.42 Å². The van der Waals surface area contributed by atoms with E-state index in [1.807, 2.05) is 0 Å². The van der Waals surface area contributed by atoms with Gasteiger partial charge in [0.05, 0.1) is 57.1 Å². The predicted molar refractivity (Wildman–Crippen MR) is 119 cm³/mol. The molecule has 0 aromatic rings. The molecule has 0 saturated carbocycles. The molecule has 8 nitrogen and oxygen atoms in total. The van der Waals surface area contributed by atoms with Crippen molar-refractivity contribution in [1.82, 2.24) is 0 Å². The van der Waals surface area contributed by atoms with Crippen molar-refractivity contribution in [3.8, 4) is 0 Å². The molecule has 0 aliphatic rings. The summed E-state index contributed by atoms with van der Waals surface area (Å²) in [4.78, 5) is 12.0. The van der Waals surface area contributed by atoms with E-state index in [-0.39, 0.29) is 25.8 Å². The zero-order valence-electron chi connectivity index (χ0n) is 19.4. The molecule has 0 saturated heterocycles. The first kappa shape index (κ1) is 30.2. The molecule has 8 heteroatoms. The number of hydrogen-bond donors (Lipinski definition) is 5. The van der Waals surface area contributed by atoms with E-state index in [0.717, 1.165) is 19.3 Å². The zero-order valence-corrected chi connectivity index (χ0v) is 19.4. The number of hydrogen-bond acceptors (Lipinski definition) is 8. The van der Waals surface area contributed by atoms with Crippen LogP contribution in [0.25, 0.3) is 0 Å². The smallest absolute Gasteiger partial charge is 0.305 e. The monoisotopic (exact) mass is 450 g/mol. The van der Waals surface area contributed by atoms with Gasteiger partial charge in [0.1, 0.15) is 6.61 Å². The minimum absolute atomic E-state index is 0.146. The normalized spacial score (nSPS) is 12.3. The Labute approximate surface area is 187 Å². The largest absolute Gasteiger partial charge is 0.465 e. The van der Waals surface area contributed by atoms with Crippen molar-refractivity contribution in [2.75, 3.05) is 52.9 Å². The molecule has 0 heterocycles. The second-order valence-electron chi connectivity index (χ2n) is 8.88. The Hall–Kier alpha value is -0.770. The van der Waals surface area contributed by atoms with Crippen LogP contribution in [0.5, 0.6) is 0 Å². The second kappa shape index (κ2) is 18.8. The van der Waals surface area contributed by atoms with Crippen molar-refractivity contribution in [3.63, 3.8) is 0 Å². The molecule has 0 bridgehead atoms. The van der Waals surface area contributed by atoms with Crippen LogP contribution in [-0.2, 0) is 14.3 Å². The maximum absolute atomic E-state index is 12.0. The van der Waals surface area contributed by atoms with Gasteiger partial charge in [0.2, 0.25) is 0 Å². The van der Waals surface area contributed by atoms with Crippen LogP contribution in [0.4, 0.5) is 0 Å². The van der Waals surface area contributed by atoms with Crippen LogP contribution >= 0.6 is 0 Å². The first-order valence-corrected chi connectivity index (χ1v) is 11.7. The average Bonchev–Trinajstić information content (AvgIpc) is 2.80. The van der Waals surface area contributed by atoms with Crippen molar-refractivity contribution >= 4 is 5.97 Å². The van der Waals surface area contributed by atoms with Crippen molar-refractivity contribution < 1.29 is 39.8 Å². The number of aliphatic hydroxyl groups excluding tert-OH is 5. The molecule has 0 spiro atoms. The Morgan fingerprint density at radius 3 is 1.48 bits per heavy atom. The van der Waals surface area contributed by atoms with Gasteiger partial charge in [-0.05, 0) is 6.42 Å². The van der Waals surface area contributed by atoms with Crippen LogP contribution in [0.2, 0.25) is 0 Å². The maximum atomic E-state index is 12.0. The molecule has 0 fully saturated rings. The number of ether oxygens (including phenoxy) is 2. The summed E-state index contributed by atoms with van der Waals surface area (Å²) in [5.74, 6) is -0.374. The summed E-state index contributed by atoms with van der Waals surface area (Å²) in [5, 5.41) is 47.3. The van der Waals surface area contributed by atoms with E-state index in [4.69, 9.17) is 9.47 Å². The fourth-order valence-corrected chi connectivity index (χ4v) is 3.11. The summed E-state index contributed by atoms with van der Waals surface area (Å²) in [6.07, 6.45) is 12.1. The molecule has 186 valence electrons. The second-order valence-corrected chi connectivity index (χ2v) is 8.88. The van der Waals surface area contributed by atoms with E-state index in [9.17, 15) is 30.3 Å². The van der Waals surface area contributed by atoms with Crippen LogP contribution in [0.3, 0.4) is 0 Å². The lowest BCUT2D eigenvalue weighted by Gasteiger charge is -2.32. The van der Waals surface area contributed by atoms with Crippen LogP contribution in [-0.4, -0.2) is 84.4 Å². The lowest BCUT2D eigenvalue weighted by Crippen LogP contribution is -2.44. The number of unbranched alkanes of at least 4 members (excludes halogenated alkanes) is 9. The van der Waals surface area contributed by atoms with E-state index >= 15 is 0 Å². The van der Waals surface area contributed by atoms with E-state index in [0.29, 0.717) is 6.42 Å². The van der Waals surface area contributed by atoms with E-state index in [1.165, 1.54) is 44.9 Å². The van der Waals surface area contributed by atoms with Gasteiger partial charge in [-0.1, -0.05) is 64.7 Å². The van der Waals surface area contributed by atoms with Gasteiger partial charge in [-0.25, -0.2) is 0 Å². The maximum Gasteiger partial charge on any atom is 0.305 e. The molecule has 0 amide bonds. The molecule has 0 aromatic heterocycles. The highest BCUT2D eigenvalue weighted by Gasteiger charge is 2.34. The van der Waals surface area contributed by atoms with Gasteiger partial charge >= 0.3 is 5.97 Å². The van der Waals surface area contributed by atoms with Crippen LogP contribution in [0, 0.1) is 10.8 Å². The van der Waals surface area contributed by atoms with E-state index in [1.54, 1.807) is 0 Å². The molecule has 0 aliphatic carbocycles. The van der Waals surface area contributed by atoms with Crippen molar-refractivity contribution in [1.29, 1.82) is 0 Å². The SMILES string of the molecule is CCCCCCCCCCCCC(=O)OCC(CO)(CO)COCC(CO)(CO)CO.